The smallest absolute Gasteiger partial charge is 0.242 e. The van der Waals surface area contributed by atoms with Crippen LogP contribution in [0.15, 0.2) is 12.7 Å². The van der Waals surface area contributed by atoms with Crippen LogP contribution >= 0.6 is 0 Å². The molecule has 0 saturated carbocycles. The Kier molecular flexibility index (Phi) is 3.45. The lowest BCUT2D eigenvalue weighted by molar-refractivity contribution is -0.137. The third-order valence-corrected chi connectivity index (χ3v) is 2.12. The Morgan fingerprint density at radius 3 is 3.08 bits per heavy atom. The largest absolute Gasteiger partial charge is 0.394 e. The van der Waals surface area contributed by atoms with Crippen molar-refractivity contribution in [1.82, 2.24) is 10.2 Å². The number of nitrogens with one attached hydrogen (secondary N) is 1. The summed E-state index contributed by atoms with van der Waals surface area (Å²) in [5.41, 5.74) is 0. The molecule has 74 valence electrons. The molecule has 4 heteroatoms. The molecule has 2 N–H and O–H groups in total. The molecule has 4 nitrogen and oxygen atoms in total. The van der Waals surface area contributed by atoms with E-state index in [1.807, 2.05) is 6.92 Å². The van der Waals surface area contributed by atoms with Gasteiger partial charge in [-0.05, 0) is 6.92 Å². The molecule has 1 amide bonds. The standard InChI is InChI=1S/C9H16N2O2/c1-3-4-11-5-7(2)10-8(6-12)9(11)13/h3,7-8,10,12H,1,4-6H2,2H3. The van der Waals surface area contributed by atoms with Gasteiger partial charge < -0.3 is 10.0 Å². The number of carbonyl (C=O) groups excluding carboxylic acids is 1. The van der Waals surface area contributed by atoms with Gasteiger partial charge in [0, 0.05) is 19.1 Å². The quantitative estimate of drug-likeness (QED) is 0.573. The first-order valence-corrected chi connectivity index (χ1v) is 4.45. The van der Waals surface area contributed by atoms with Crippen molar-refractivity contribution in [3.05, 3.63) is 12.7 Å². The molecule has 13 heavy (non-hydrogen) atoms. The molecule has 0 spiro atoms. The van der Waals surface area contributed by atoms with E-state index in [2.05, 4.69) is 11.9 Å². The number of aliphatic hydroxyl groups excluding tert-OH is 1. The molecule has 2 unspecified atom stereocenters. The van der Waals surface area contributed by atoms with Crippen LogP contribution in [0.2, 0.25) is 0 Å². The molecule has 1 aliphatic rings. The molecule has 0 aromatic carbocycles. The van der Waals surface area contributed by atoms with Gasteiger partial charge in [0.2, 0.25) is 5.91 Å². The molecule has 1 rings (SSSR count). The Morgan fingerprint density at radius 1 is 1.85 bits per heavy atom. The Hall–Kier alpha value is -0.870. The van der Waals surface area contributed by atoms with Gasteiger partial charge in [-0.2, -0.15) is 0 Å². The minimum absolute atomic E-state index is 0.0412. The molecular formula is C9H16N2O2. The highest BCUT2D eigenvalue weighted by Crippen LogP contribution is 2.05. The normalized spacial score (nSPS) is 29.1. The number of nitrogens with zero attached hydrogens (tertiary/aromatic N) is 1. The van der Waals surface area contributed by atoms with Crippen LogP contribution in [0.3, 0.4) is 0 Å². The Balaban J connectivity index is 2.62. The van der Waals surface area contributed by atoms with E-state index >= 15 is 0 Å². The first-order valence-electron chi connectivity index (χ1n) is 4.45. The van der Waals surface area contributed by atoms with Crippen LogP contribution in [-0.2, 0) is 4.79 Å². The Morgan fingerprint density at radius 2 is 2.54 bits per heavy atom. The van der Waals surface area contributed by atoms with Gasteiger partial charge in [-0.25, -0.2) is 0 Å². The SMILES string of the molecule is C=CCN1CC(C)NC(CO)C1=O. The molecule has 0 bridgehead atoms. The summed E-state index contributed by atoms with van der Waals surface area (Å²) in [5, 5.41) is 12.0. The lowest BCUT2D eigenvalue weighted by Crippen LogP contribution is -2.60. The van der Waals surface area contributed by atoms with E-state index in [1.54, 1.807) is 11.0 Å². The zero-order valence-electron chi connectivity index (χ0n) is 7.86. The van der Waals surface area contributed by atoms with Crippen molar-refractivity contribution < 1.29 is 9.90 Å². The summed E-state index contributed by atoms with van der Waals surface area (Å²) in [5.74, 6) is -0.0412. The monoisotopic (exact) mass is 184 g/mol. The van der Waals surface area contributed by atoms with E-state index in [9.17, 15) is 4.79 Å². The molecule has 1 heterocycles. The fraction of sp³-hybridized carbons (Fsp3) is 0.667. The molecule has 0 aliphatic carbocycles. The van der Waals surface area contributed by atoms with E-state index in [4.69, 9.17) is 5.11 Å². The molecule has 2 atom stereocenters. The molecule has 0 radical (unpaired) electrons. The molecule has 0 aromatic rings. The fourth-order valence-corrected chi connectivity index (χ4v) is 1.56. The zero-order chi connectivity index (χ0) is 9.84. The number of piperazine rings is 1. The van der Waals surface area contributed by atoms with Crippen molar-refractivity contribution >= 4 is 5.91 Å². The van der Waals surface area contributed by atoms with Gasteiger partial charge in [-0.1, -0.05) is 6.08 Å². The minimum atomic E-state index is -0.441. The lowest BCUT2D eigenvalue weighted by Gasteiger charge is -2.35. The van der Waals surface area contributed by atoms with Crippen molar-refractivity contribution in [1.29, 1.82) is 0 Å². The van der Waals surface area contributed by atoms with Gasteiger partial charge in [-0.3, -0.25) is 10.1 Å². The second-order valence-corrected chi connectivity index (χ2v) is 3.33. The maximum absolute atomic E-state index is 11.5. The molecule has 0 aromatic heterocycles. The Bertz CT molecular complexity index is 206. The highest BCUT2D eigenvalue weighted by atomic mass is 16.3. The Labute approximate surface area is 78.2 Å². The summed E-state index contributed by atoms with van der Waals surface area (Å²) in [6.07, 6.45) is 1.70. The number of hydrogen-bond acceptors (Lipinski definition) is 3. The van der Waals surface area contributed by atoms with E-state index in [0.717, 1.165) is 0 Å². The summed E-state index contributed by atoms with van der Waals surface area (Å²) >= 11 is 0. The van der Waals surface area contributed by atoms with Gasteiger partial charge in [0.1, 0.15) is 6.04 Å². The summed E-state index contributed by atoms with van der Waals surface area (Å²) < 4.78 is 0. The summed E-state index contributed by atoms with van der Waals surface area (Å²) in [6.45, 7) is 6.68. The predicted octanol–water partition coefficient (Wildman–Crippen LogP) is -0.646. The van der Waals surface area contributed by atoms with Crippen LogP contribution < -0.4 is 5.32 Å². The van der Waals surface area contributed by atoms with Crippen molar-refractivity contribution in [3.8, 4) is 0 Å². The van der Waals surface area contributed by atoms with Crippen molar-refractivity contribution in [3.63, 3.8) is 0 Å². The maximum atomic E-state index is 11.5. The first-order chi connectivity index (χ1) is 6.19. The highest BCUT2D eigenvalue weighted by molar-refractivity contribution is 5.83. The topological polar surface area (TPSA) is 52.6 Å². The van der Waals surface area contributed by atoms with Crippen LogP contribution in [-0.4, -0.2) is 47.7 Å². The number of aliphatic hydroxyl groups is 1. The van der Waals surface area contributed by atoms with Gasteiger partial charge in [0.25, 0.3) is 0 Å². The number of hydrogen-bond donors (Lipinski definition) is 2. The number of carbonyl (C=O) groups is 1. The maximum Gasteiger partial charge on any atom is 0.242 e. The second-order valence-electron chi connectivity index (χ2n) is 3.33. The van der Waals surface area contributed by atoms with Gasteiger partial charge in [0.05, 0.1) is 6.61 Å². The molecule has 1 saturated heterocycles. The predicted molar refractivity (Wildman–Crippen MR) is 50.2 cm³/mol. The lowest BCUT2D eigenvalue weighted by atomic mass is 10.1. The van der Waals surface area contributed by atoms with Crippen LogP contribution in [0.1, 0.15) is 6.92 Å². The summed E-state index contributed by atoms with van der Waals surface area (Å²) in [6, 6.07) is -0.210. The second kappa shape index (κ2) is 4.39. The van der Waals surface area contributed by atoms with Gasteiger partial charge in [0.15, 0.2) is 0 Å². The van der Waals surface area contributed by atoms with Crippen LogP contribution in [0.5, 0.6) is 0 Å². The average Bonchev–Trinajstić information content (AvgIpc) is 2.11. The van der Waals surface area contributed by atoms with Crippen molar-refractivity contribution in [2.45, 2.75) is 19.0 Å². The van der Waals surface area contributed by atoms with E-state index in [0.29, 0.717) is 13.1 Å². The van der Waals surface area contributed by atoms with E-state index in [-0.39, 0.29) is 18.6 Å². The van der Waals surface area contributed by atoms with Crippen LogP contribution in [0, 0.1) is 0 Å². The third-order valence-electron chi connectivity index (χ3n) is 2.12. The average molecular weight is 184 g/mol. The molecule has 1 aliphatic heterocycles. The minimum Gasteiger partial charge on any atom is -0.394 e. The van der Waals surface area contributed by atoms with E-state index in [1.165, 1.54) is 0 Å². The third kappa shape index (κ3) is 2.29. The first kappa shape index (κ1) is 10.2. The zero-order valence-corrected chi connectivity index (χ0v) is 7.86. The van der Waals surface area contributed by atoms with Crippen LogP contribution in [0.4, 0.5) is 0 Å². The molecular weight excluding hydrogens is 168 g/mol. The highest BCUT2D eigenvalue weighted by Gasteiger charge is 2.30. The summed E-state index contributed by atoms with van der Waals surface area (Å²) in [7, 11) is 0. The van der Waals surface area contributed by atoms with Gasteiger partial charge >= 0.3 is 0 Å². The summed E-state index contributed by atoms with van der Waals surface area (Å²) in [4.78, 5) is 13.3. The number of rotatable bonds is 3. The number of amides is 1. The fourth-order valence-electron chi connectivity index (χ4n) is 1.56. The van der Waals surface area contributed by atoms with Crippen molar-refractivity contribution in [2.24, 2.45) is 0 Å². The van der Waals surface area contributed by atoms with E-state index < -0.39 is 6.04 Å². The van der Waals surface area contributed by atoms with Crippen molar-refractivity contribution in [2.75, 3.05) is 19.7 Å². The molecule has 1 fully saturated rings. The van der Waals surface area contributed by atoms with Crippen LogP contribution in [0.25, 0.3) is 0 Å². The van der Waals surface area contributed by atoms with Gasteiger partial charge in [-0.15, -0.1) is 6.58 Å².